The maximum absolute atomic E-state index is 12.4. The Kier molecular flexibility index (Phi) is 2.52. The second kappa shape index (κ2) is 4.20. The second-order valence-electron chi connectivity index (χ2n) is 4.30. The van der Waals surface area contributed by atoms with E-state index in [1.165, 1.54) is 4.57 Å². The fourth-order valence-corrected chi connectivity index (χ4v) is 2.08. The van der Waals surface area contributed by atoms with Crippen LogP contribution in [0.2, 0.25) is 0 Å². The number of nitrogens with two attached hydrogens (primary N) is 1. The monoisotopic (exact) mass is 252 g/mol. The Morgan fingerprint density at radius 2 is 1.95 bits per heavy atom. The molecule has 2 N–H and O–H groups in total. The van der Waals surface area contributed by atoms with Gasteiger partial charge in [0.2, 0.25) is 5.95 Å². The molecule has 0 amide bonds. The van der Waals surface area contributed by atoms with E-state index in [-0.39, 0.29) is 11.5 Å². The van der Waals surface area contributed by atoms with Crippen molar-refractivity contribution in [2.24, 2.45) is 7.05 Å². The van der Waals surface area contributed by atoms with E-state index < -0.39 is 0 Å². The highest BCUT2D eigenvalue weighted by Crippen LogP contribution is 2.19. The molecule has 19 heavy (non-hydrogen) atoms. The first kappa shape index (κ1) is 11.4. The molecule has 1 aromatic carbocycles. The Morgan fingerprint density at radius 1 is 1.21 bits per heavy atom. The van der Waals surface area contributed by atoms with Crippen LogP contribution in [-0.2, 0) is 7.05 Å². The number of hydrogen-bond donors (Lipinski definition) is 1. The topological polar surface area (TPSA) is 73.8 Å². The zero-order chi connectivity index (χ0) is 13.4. The van der Waals surface area contributed by atoms with Gasteiger partial charge in [-0.2, -0.15) is 4.98 Å². The third-order valence-corrected chi connectivity index (χ3v) is 3.05. The highest BCUT2D eigenvalue weighted by atomic mass is 16.1. The van der Waals surface area contributed by atoms with Gasteiger partial charge in [0.1, 0.15) is 5.65 Å². The van der Waals surface area contributed by atoms with Crippen molar-refractivity contribution in [2.75, 3.05) is 5.73 Å². The summed E-state index contributed by atoms with van der Waals surface area (Å²) >= 11 is 0. The molecule has 0 aliphatic rings. The van der Waals surface area contributed by atoms with E-state index in [2.05, 4.69) is 9.97 Å². The lowest BCUT2D eigenvalue weighted by Gasteiger charge is -2.08. The fourth-order valence-electron chi connectivity index (χ4n) is 2.08. The van der Waals surface area contributed by atoms with Crippen molar-refractivity contribution in [2.45, 2.75) is 0 Å². The van der Waals surface area contributed by atoms with Crippen LogP contribution >= 0.6 is 0 Å². The van der Waals surface area contributed by atoms with E-state index in [9.17, 15) is 4.79 Å². The van der Waals surface area contributed by atoms with E-state index in [0.717, 1.165) is 10.9 Å². The van der Waals surface area contributed by atoms with Gasteiger partial charge < -0.3 is 5.73 Å². The number of fused-ring (bicyclic) bond motifs is 1. The zero-order valence-corrected chi connectivity index (χ0v) is 10.4. The number of benzene rings is 1. The molecule has 2 aromatic heterocycles. The van der Waals surface area contributed by atoms with Crippen molar-refractivity contribution in [3.63, 3.8) is 0 Å². The lowest BCUT2D eigenvalue weighted by Crippen LogP contribution is -2.20. The van der Waals surface area contributed by atoms with Gasteiger partial charge >= 0.3 is 0 Å². The molecule has 0 radical (unpaired) electrons. The predicted molar refractivity (Wildman–Crippen MR) is 74.6 cm³/mol. The lowest BCUT2D eigenvalue weighted by molar-refractivity contribution is 0.887. The van der Waals surface area contributed by atoms with Crippen molar-refractivity contribution < 1.29 is 0 Å². The number of nitrogen functional groups attached to an aromatic ring is 1. The average molecular weight is 252 g/mol. The molecule has 0 spiro atoms. The molecule has 2 heterocycles. The minimum Gasteiger partial charge on any atom is -0.368 e. The number of hydrogen-bond acceptors (Lipinski definition) is 4. The molecular formula is C14H12N4O. The molecule has 0 saturated heterocycles. The molecule has 0 unspecified atom stereocenters. The summed E-state index contributed by atoms with van der Waals surface area (Å²) in [5, 5.41) is 0.787. The summed E-state index contributed by atoms with van der Waals surface area (Å²) in [4.78, 5) is 20.4. The summed E-state index contributed by atoms with van der Waals surface area (Å²) in [5.41, 5.74) is 7.50. The van der Waals surface area contributed by atoms with Gasteiger partial charge in [-0.05, 0) is 11.6 Å². The van der Waals surface area contributed by atoms with Crippen molar-refractivity contribution in [1.29, 1.82) is 0 Å². The summed E-state index contributed by atoms with van der Waals surface area (Å²) in [6.45, 7) is 0. The quantitative estimate of drug-likeness (QED) is 0.713. The van der Waals surface area contributed by atoms with E-state index >= 15 is 0 Å². The van der Waals surface area contributed by atoms with Gasteiger partial charge in [-0.3, -0.25) is 9.36 Å². The maximum Gasteiger partial charge on any atom is 0.259 e. The van der Waals surface area contributed by atoms with Crippen LogP contribution < -0.4 is 11.3 Å². The Hall–Kier alpha value is -2.69. The van der Waals surface area contributed by atoms with Crippen LogP contribution in [0.3, 0.4) is 0 Å². The third kappa shape index (κ3) is 1.85. The largest absolute Gasteiger partial charge is 0.368 e. The molecular weight excluding hydrogens is 240 g/mol. The van der Waals surface area contributed by atoms with Crippen LogP contribution in [0, 0.1) is 0 Å². The minimum absolute atomic E-state index is 0.100. The first-order valence-electron chi connectivity index (χ1n) is 5.84. The van der Waals surface area contributed by atoms with E-state index in [1.807, 2.05) is 30.3 Å². The number of pyridine rings is 1. The van der Waals surface area contributed by atoms with Crippen LogP contribution in [0.25, 0.3) is 22.2 Å². The van der Waals surface area contributed by atoms with E-state index in [0.29, 0.717) is 11.2 Å². The van der Waals surface area contributed by atoms with Gasteiger partial charge in [0.15, 0.2) is 0 Å². The van der Waals surface area contributed by atoms with Crippen LogP contribution in [0.15, 0.2) is 47.4 Å². The summed E-state index contributed by atoms with van der Waals surface area (Å²) in [7, 11) is 1.68. The van der Waals surface area contributed by atoms with Crippen LogP contribution in [0.5, 0.6) is 0 Å². The lowest BCUT2D eigenvalue weighted by atomic mass is 10.1. The van der Waals surface area contributed by atoms with Gasteiger partial charge in [0.05, 0.1) is 0 Å². The summed E-state index contributed by atoms with van der Waals surface area (Å²) in [6.07, 6.45) is 1.63. The number of aryl methyl sites for hydroxylation is 1. The molecule has 94 valence electrons. The Morgan fingerprint density at radius 3 is 2.68 bits per heavy atom. The first-order valence-corrected chi connectivity index (χ1v) is 5.84. The standard InChI is InChI=1S/C14H12N4O/c1-18-12-10(8-16-14(15)17-12)7-11(13(18)19)9-5-3-2-4-6-9/h2-8H,1H3,(H2,15,16,17). The van der Waals surface area contributed by atoms with Crippen LogP contribution in [-0.4, -0.2) is 14.5 Å². The molecule has 0 aliphatic heterocycles. The van der Waals surface area contributed by atoms with Crippen molar-refractivity contribution in [3.8, 4) is 11.1 Å². The summed E-state index contributed by atoms with van der Waals surface area (Å²) in [5.74, 6) is 0.162. The fraction of sp³-hybridized carbons (Fsp3) is 0.0714. The van der Waals surface area contributed by atoms with Crippen molar-refractivity contribution in [1.82, 2.24) is 14.5 Å². The van der Waals surface area contributed by atoms with Crippen molar-refractivity contribution in [3.05, 3.63) is 52.9 Å². The Bertz CT molecular complexity index is 809. The molecule has 5 heteroatoms. The predicted octanol–water partition coefficient (Wildman–Crippen LogP) is 1.58. The van der Waals surface area contributed by atoms with Crippen LogP contribution in [0.4, 0.5) is 5.95 Å². The van der Waals surface area contributed by atoms with Crippen LogP contribution in [0.1, 0.15) is 0 Å². The molecule has 3 aromatic rings. The number of nitrogens with zero attached hydrogens (tertiary/aromatic N) is 3. The van der Waals surface area contributed by atoms with Gasteiger partial charge in [-0.25, -0.2) is 4.98 Å². The highest BCUT2D eigenvalue weighted by molar-refractivity contribution is 5.81. The molecule has 0 fully saturated rings. The van der Waals surface area contributed by atoms with Gasteiger partial charge in [0, 0.05) is 24.2 Å². The Labute approximate surface area is 109 Å². The van der Waals surface area contributed by atoms with Crippen molar-refractivity contribution >= 4 is 17.0 Å². The number of aromatic nitrogens is 3. The molecule has 3 rings (SSSR count). The summed E-state index contributed by atoms with van der Waals surface area (Å²) in [6, 6.07) is 11.3. The second-order valence-corrected chi connectivity index (χ2v) is 4.30. The highest BCUT2D eigenvalue weighted by Gasteiger charge is 2.09. The minimum atomic E-state index is -0.100. The SMILES string of the molecule is Cn1c(=O)c(-c2ccccc2)cc2cnc(N)nc21. The zero-order valence-electron chi connectivity index (χ0n) is 10.4. The molecule has 0 atom stereocenters. The van der Waals surface area contributed by atoms with E-state index in [4.69, 9.17) is 5.73 Å². The van der Waals surface area contributed by atoms with Gasteiger partial charge in [-0.15, -0.1) is 0 Å². The van der Waals surface area contributed by atoms with E-state index in [1.54, 1.807) is 19.3 Å². The van der Waals surface area contributed by atoms with Gasteiger partial charge in [0.25, 0.3) is 5.56 Å². The molecule has 0 aliphatic carbocycles. The maximum atomic E-state index is 12.4. The summed E-state index contributed by atoms with van der Waals surface area (Å²) < 4.78 is 1.50. The molecule has 0 bridgehead atoms. The normalized spacial score (nSPS) is 10.8. The third-order valence-electron chi connectivity index (χ3n) is 3.05. The molecule has 5 nitrogen and oxygen atoms in total. The van der Waals surface area contributed by atoms with Gasteiger partial charge in [-0.1, -0.05) is 30.3 Å². The Balaban J connectivity index is 2.37. The number of rotatable bonds is 1. The smallest absolute Gasteiger partial charge is 0.259 e. The number of anilines is 1. The first-order chi connectivity index (χ1) is 9.16. The molecule has 0 saturated carbocycles. The average Bonchev–Trinajstić information content (AvgIpc) is 2.44.